The Balaban J connectivity index is 1.67. The molecule has 0 aliphatic heterocycles. The van der Waals surface area contributed by atoms with Crippen LogP contribution in [0.4, 0.5) is 5.00 Å². The van der Waals surface area contributed by atoms with Gasteiger partial charge in [-0.05, 0) is 57.4 Å². The van der Waals surface area contributed by atoms with Gasteiger partial charge >= 0.3 is 11.9 Å². The molecule has 0 radical (unpaired) electrons. The van der Waals surface area contributed by atoms with Crippen LogP contribution in [0.5, 0.6) is 5.75 Å². The molecule has 1 N–H and O–H groups in total. The number of aryl methyl sites for hydroxylation is 1. The normalized spacial score (nSPS) is 10.8. The molecule has 1 aromatic carbocycles. The summed E-state index contributed by atoms with van der Waals surface area (Å²) in [7, 11) is 0. The molecule has 0 bridgehead atoms. The van der Waals surface area contributed by atoms with Crippen LogP contribution in [-0.2, 0) is 33.8 Å². The number of nitrogens with one attached hydrogen (secondary N) is 1. The van der Waals surface area contributed by atoms with E-state index in [4.69, 9.17) is 14.2 Å². The van der Waals surface area contributed by atoms with Gasteiger partial charge in [0.2, 0.25) is 5.91 Å². The van der Waals surface area contributed by atoms with E-state index >= 15 is 0 Å². The molecule has 0 aliphatic rings. The van der Waals surface area contributed by atoms with Gasteiger partial charge in [0.1, 0.15) is 22.2 Å². The highest BCUT2D eigenvalue weighted by Crippen LogP contribution is 2.34. The van der Waals surface area contributed by atoms with E-state index in [1.807, 2.05) is 35.8 Å². The van der Waals surface area contributed by atoms with Crippen molar-refractivity contribution in [2.75, 3.05) is 24.3 Å². The molecule has 1 amide bonds. The van der Waals surface area contributed by atoms with E-state index in [0.717, 1.165) is 23.5 Å². The molecule has 2 aromatic heterocycles. The number of hydrogen-bond acceptors (Lipinski definition) is 10. The van der Waals surface area contributed by atoms with Gasteiger partial charge in [0, 0.05) is 6.54 Å². The highest BCUT2D eigenvalue weighted by atomic mass is 32.2. The Labute approximate surface area is 230 Å². The van der Waals surface area contributed by atoms with Gasteiger partial charge in [-0.15, -0.1) is 21.5 Å². The van der Waals surface area contributed by atoms with Gasteiger partial charge in [-0.2, -0.15) is 0 Å². The number of rotatable bonds is 13. The first kappa shape index (κ1) is 29.2. The summed E-state index contributed by atoms with van der Waals surface area (Å²) in [6.45, 7) is 10.3. The molecule has 12 heteroatoms. The minimum absolute atomic E-state index is 0.0193. The minimum atomic E-state index is -0.612. The van der Waals surface area contributed by atoms with Gasteiger partial charge in [0.25, 0.3) is 0 Å². The topological polar surface area (TPSA) is 122 Å². The molecule has 0 saturated carbocycles. The van der Waals surface area contributed by atoms with E-state index in [9.17, 15) is 14.4 Å². The van der Waals surface area contributed by atoms with Crippen LogP contribution in [0.1, 0.15) is 64.7 Å². The summed E-state index contributed by atoms with van der Waals surface area (Å²) in [5.41, 5.74) is 1.80. The Morgan fingerprint density at radius 3 is 2.32 bits per heavy atom. The van der Waals surface area contributed by atoms with E-state index in [1.165, 1.54) is 17.3 Å². The summed E-state index contributed by atoms with van der Waals surface area (Å²) >= 11 is 2.21. The maximum Gasteiger partial charge on any atom is 0.348 e. The Kier molecular flexibility index (Phi) is 10.7. The number of aromatic nitrogens is 3. The average molecular weight is 561 g/mol. The summed E-state index contributed by atoms with van der Waals surface area (Å²) < 4.78 is 18.0. The molecule has 0 fully saturated rings. The molecule has 38 heavy (non-hydrogen) atoms. The Bertz CT molecular complexity index is 1270. The van der Waals surface area contributed by atoms with Crippen molar-refractivity contribution in [2.45, 2.75) is 59.3 Å². The third-order valence-electron chi connectivity index (χ3n) is 5.48. The standard InChI is InChI=1S/C26H32N4O6S2/c1-6-17-10-12-18(13-11-17)36-14-19-28-29-26(30(19)7-2)37-15-20(31)27-23-21(24(32)34-8-3)16(5)22(38-23)25(33)35-9-4/h10-13H,6-9,14-15H2,1-5H3,(H,27,31). The van der Waals surface area contributed by atoms with Crippen molar-refractivity contribution >= 4 is 45.9 Å². The number of thiophene rings is 1. The smallest absolute Gasteiger partial charge is 0.348 e. The van der Waals surface area contributed by atoms with Crippen molar-refractivity contribution in [3.8, 4) is 5.75 Å². The molecule has 3 rings (SSSR count). The zero-order valence-electron chi connectivity index (χ0n) is 22.2. The maximum atomic E-state index is 12.8. The molecular weight excluding hydrogens is 528 g/mol. The lowest BCUT2D eigenvalue weighted by Gasteiger charge is -2.09. The second-order valence-electron chi connectivity index (χ2n) is 7.97. The quantitative estimate of drug-likeness (QED) is 0.230. The highest BCUT2D eigenvalue weighted by Gasteiger charge is 2.27. The SMILES string of the molecule is CCOC(=O)c1sc(NC(=O)CSc2nnc(COc3ccc(CC)cc3)n2CC)c(C(=O)OCC)c1C. The molecule has 0 aliphatic carbocycles. The lowest BCUT2D eigenvalue weighted by Crippen LogP contribution is -2.17. The zero-order chi connectivity index (χ0) is 27.7. The first-order chi connectivity index (χ1) is 18.3. The van der Waals surface area contributed by atoms with Gasteiger partial charge in [-0.25, -0.2) is 9.59 Å². The average Bonchev–Trinajstić information content (AvgIpc) is 3.46. The van der Waals surface area contributed by atoms with Crippen molar-refractivity contribution in [2.24, 2.45) is 0 Å². The summed E-state index contributed by atoms with van der Waals surface area (Å²) in [6.07, 6.45) is 0.960. The fourth-order valence-electron chi connectivity index (χ4n) is 3.55. The lowest BCUT2D eigenvalue weighted by molar-refractivity contribution is -0.113. The van der Waals surface area contributed by atoms with Crippen LogP contribution in [0.15, 0.2) is 29.4 Å². The van der Waals surface area contributed by atoms with Crippen molar-refractivity contribution in [1.29, 1.82) is 0 Å². The molecular formula is C26H32N4O6S2. The van der Waals surface area contributed by atoms with Crippen LogP contribution >= 0.6 is 23.1 Å². The molecule has 0 unspecified atom stereocenters. The van der Waals surface area contributed by atoms with Crippen LogP contribution < -0.4 is 10.1 Å². The van der Waals surface area contributed by atoms with Crippen molar-refractivity contribution in [3.05, 3.63) is 51.7 Å². The highest BCUT2D eigenvalue weighted by molar-refractivity contribution is 7.99. The predicted octanol–water partition coefficient (Wildman–Crippen LogP) is 4.89. The number of amides is 1. The number of ether oxygens (including phenoxy) is 3. The molecule has 3 aromatic rings. The van der Waals surface area contributed by atoms with Crippen LogP contribution in [0, 0.1) is 6.92 Å². The van der Waals surface area contributed by atoms with Crippen LogP contribution in [0.25, 0.3) is 0 Å². The number of hydrogen-bond donors (Lipinski definition) is 1. The van der Waals surface area contributed by atoms with E-state index in [-0.39, 0.29) is 46.9 Å². The summed E-state index contributed by atoms with van der Waals surface area (Å²) in [6, 6.07) is 7.90. The van der Waals surface area contributed by atoms with E-state index in [1.54, 1.807) is 20.8 Å². The number of thioether (sulfide) groups is 1. The monoisotopic (exact) mass is 560 g/mol. The Morgan fingerprint density at radius 2 is 1.68 bits per heavy atom. The zero-order valence-corrected chi connectivity index (χ0v) is 23.8. The number of carbonyl (C=O) groups excluding carboxylic acids is 3. The number of benzene rings is 1. The number of carbonyl (C=O) groups is 3. The molecule has 0 atom stereocenters. The van der Waals surface area contributed by atoms with E-state index in [2.05, 4.69) is 22.4 Å². The number of esters is 2. The van der Waals surface area contributed by atoms with Crippen LogP contribution in [0.2, 0.25) is 0 Å². The van der Waals surface area contributed by atoms with Gasteiger partial charge in [0.15, 0.2) is 11.0 Å². The second-order valence-corrected chi connectivity index (χ2v) is 9.93. The van der Waals surface area contributed by atoms with Gasteiger partial charge in [-0.3, -0.25) is 4.79 Å². The van der Waals surface area contributed by atoms with E-state index in [0.29, 0.717) is 23.1 Å². The first-order valence-electron chi connectivity index (χ1n) is 12.4. The fraction of sp³-hybridized carbons (Fsp3) is 0.423. The van der Waals surface area contributed by atoms with Gasteiger partial charge in [0.05, 0.1) is 24.5 Å². The summed E-state index contributed by atoms with van der Waals surface area (Å²) in [4.78, 5) is 38.0. The molecule has 2 heterocycles. The number of nitrogens with zero attached hydrogens (tertiary/aromatic N) is 3. The van der Waals surface area contributed by atoms with Crippen LogP contribution in [0.3, 0.4) is 0 Å². The maximum absolute atomic E-state index is 12.8. The largest absolute Gasteiger partial charge is 0.486 e. The Hall–Kier alpha value is -3.38. The van der Waals surface area contributed by atoms with Gasteiger partial charge < -0.3 is 24.1 Å². The third-order valence-corrected chi connectivity index (χ3v) is 7.64. The molecule has 0 spiro atoms. The summed E-state index contributed by atoms with van der Waals surface area (Å²) in [5, 5.41) is 12.0. The predicted molar refractivity (Wildman–Crippen MR) is 146 cm³/mol. The van der Waals surface area contributed by atoms with Crippen molar-refractivity contribution in [1.82, 2.24) is 14.8 Å². The number of anilines is 1. The van der Waals surface area contributed by atoms with Crippen molar-refractivity contribution < 1.29 is 28.6 Å². The second kappa shape index (κ2) is 14.0. The van der Waals surface area contributed by atoms with E-state index < -0.39 is 11.9 Å². The molecule has 204 valence electrons. The van der Waals surface area contributed by atoms with Crippen molar-refractivity contribution in [3.63, 3.8) is 0 Å². The lowest BCUT2D eigenvalue weighted by atomic mass is 10.1. The molecule has 0 saturated heterocycles. The Morgan fingerprint density at radius 1 is 1.00 bits per heavy atom. The van der Waals surface area contributed by atoms with Gasteiger partial charge in [-0.1, -0.05) is 30.8 Å². The minimum Gasteiger partial charge on any atom is -0.486 e. The fourth-order valence-corrected chi connectivity index (χ4v) is 5.48. The first-order valence-corrected chi connectivity index (χ1v) is 14.2. The third kappa shape index (κ3) is 7.13. The summed E-state index contributed by atoms with van der Waals surface area (Å²) in [5.74, 6) is -0.121. The van der Waals surface area contributed by atoms with Crippen LogP contribution in [-0.4, -0.2) is 51.6 Å². The molecule has 10 nitrogen and oxygen atoms in total.